The first-order valence-electron chi connectivity index (χ1n) is 5.37. The summed E-state index contributed by atoms with van der Waals surface area (Å²) in [6.07, 6.45) is 3.01. The number of nitrogens with zero attached hydrogens (tertiary/aromatic N) is 1. The lowest BCUT2D eigenvalue weighted by molar-refractivity contribution is -0.132. The molecule has 1 rings (SSSR count). The lowest BCUT2D eigenvalue weighted by atomic mass is 10.2. The number of thioether (sulfide) groups is 1. The summed E-state index contributed by atoms with van der Waals surface area (Å²) in [6, 6.07) is 0. The van der Waals surface area contributed by atoms with Gasteiger partial charge in [-0.15, -0.1) is 0 Å². The van der Waals surface area contributed by atoms with Gasteiger partial charge in [-0.2, -0.15) is 11.8 Å². The van der Waals surface area contributed by atoms with Gasteiger partial charge in [-0.1, -0.05) is 13.0 Å². The van der Waals surface area contributed by atoms with E-state index in [1.807, 2.05) is 17.8 Å². The van der Waals surface area contributed by atoms with E-state index in [0.717, 1.165) is 24.9 Å². The van der Waals surface area contributed by atoms with E-state index in [2.05, 4.69) is 11.8 Å². The number of hydrogen-bond donors (Lipinski definition) is 1. The summed E-state index contributed by atoms with van der Waals surface area (Å²) in [6.45, 7) is 6.79. The fourth-order valence-electron chi connectivity index (χ4n) is 1.55. The maximum atomic E-state index is 10.6. The molecule has 0 spiro atoms. The van der Waals surface area contributed by atoms with E-state index in [0.29, 0.717) is 5.57 Å². The molecule has 1 unspecified atom stereocenters. The molecule has 0 aliphatic carbocycles. The number of hydrogen-bond acceptors (Lipinski definition) is 3. The minimum absolute atomic E-state index is 0.446. The molecule has 0 amide bonds. The van der Waals surface area contributed by atoms with Crippen LogP contribution >= 0.6 is 11.8 Å². The maximum Gasteiger partial charge on any atom is 0.330 e. The van der Waals surface area contributed by atoms with Gasteiger partial charge in [-0.05, 0) is 13.3 Å². The molecule has 1 aliphatic rings. The number of carboxylic acid groups (broad SMARTS) is 1. The van der Waals surface area contributed by atoms with E-state index < -0.39 is 5.97 Å². The van der Waals surface area contributed by atoms with Crippen LogP contribution in [0.1, 0.15) is 20.3 Å². The Kier molecular flexibility index (Phi) is 5.19. The van der Waals surface area contributed by atoms with Gasteiger partial charge in [-0.25, -0.2) is 4.79 Å². The highest BCUT2D eigenvalue weighted by Crippen LogP contribution is 2.20. The summed E-state index contributed by atoms with van der Waals surface area (Å²) in [5.74, 6) is 0.354. The van der Waals surface area contributed by atoms with Crippen molar-refractivity contribution in [2.45, 2.75) is 25.5 Å². The molecule has 0 aromatic heterocycles. The van der Waals surface area contributed by atoms with Gasteiger partial charge in [0, 0.05) is 36.2 Å². The van der Waals surface area contributed by atoms with E-state index in [9.17, 15) is 4.79 Å². The molecule has 1 atom stereocenters. The highest BCUT2D eigenvalue weighted by molar-refractivity contribution is 8.00. The molecular weight excluding hydrogens is 210 g/mol. The third kappa shape index (κ3) is 4.26. The topological polar surface area (TPSA) is 40.5 Å². The van der Waals surface area contributed by atoms with Gasteiger partial charge in [0.05, 0.1) is 0 Å². The summed E-state index contributed by atoms with van der Waals surface area (Å²) in [4.78, 5) is 12.9. The monoisotopic (exact) mass is 229 g/mol. The fourth-order valence-corrected chi connectivity index (χ4v) is 2.80. The zero-order valence-electron chi connectivity index (χ0n) is 9.40. The van der Waals surface area contributed by atoms with Gasteiger partial charge in [0.15, 0.2) is 0 Å². The molecule has 0 bridgehead atoms. The first-order valence-corrected chi connectivity index (χ1v) is 6.42. The van der Waals surface area contributed by atoms with Crippen molar-refractivity contribution in [3.05, 3.63) is 11.6 Å². The molecule has 1 saturated heterocycles. The molecule has 0 aromatic carbocycles. The zero-order chi connectivity index (χ0) is 11.3. The van der Waals surface area contributed by atoms with E-state index >= 15 is 0 Å². The van der Waals surface area contributed by atoms with Crippen LogP contribution in [0.4, 0.5) is 0 Å². The Labute approximate surface area is 95.5 Å². The molecule has 4 heteroatoms. The van der Waals surface area contributed by atoms with Crippen LogP contribution in [0.25, 0.3) is 0 Å². The molecular formula is C11H19NO2S. The first-order chi connectivity index (χ1) is 7.13. The maximum absolute atomic E-state index is 10.6. The summed E-state index contributed by atoms with van der Waals surface area (Å²) in [5.41, 5.74) is 0.446. The molecule has 1 heterocycles. The van der Waals surface area contributed by atoms with Crippen molar-refractivity contribution in [2.24, 2.45) is 0 Å². The normalized spacial score (nSPS) is 24.1. The van der Waals surface area contributed by atoms with E-state index in [1.54, 1.807) is 6.92 Å². The number of rotatable bonds is 4. The van der Waals surface area contributed by atoms with Crippen molar-refractivity contribution in [2.75, 3.05) is 25.4 Å². The highest BCUT2D eigenvalue weighted by atomic mass is 32.2. The summed E-state index contributed by atoms with van der Waals surface area (Å²) in [7, 11) is 0. The van der Waals surface area contributed by atoms with Crippen LogP contribution in [0.15, 0.2) is 11.6 Å². The average Bonchev–Trinajstić information content (AvgIpc) is 2.26. The van der Waals surface area contributed by atoms with Crippen LogP contribution in [0.3, 0.4) is 0 Å². The first kappa shape index (κ1) is 12.6. The van der Waals surface area contributed by atoms with Crippen LogP contribution in [-0.4, -0.2) is 46.6 Å². The second-order valence-corrected chi connectivity index (χ2v) is 5.26. The predicted molar refractivity (Wildman–Crippen MR) is 64.4 cm³/mol. The molecule has 1 N–H and O–H groups in total. The van der Waals surface area contributed by atoms with Gasteiger partial charge in [0.1, 0.15) is 0 Å². The zero-order valence-corrected chi connectivity index (χ0v) is 10.2. The average molecular weight is 229 g/mol. The molecule has 3 nitrogen and oxygen atoms in total. The van der Waals surface area contributed by atoms with Crippen LogP contribution in [0, 0.1) is 0 Å². The minimum atomic E-state index is -0.812. The molecule has 0 radical (unpaired) electrons. The van der Waals surface area contributed by atoms with E-state index in [-0.39, 0.29) is 0 Å². The highest BCUT2D eigenvalue weighted by Gasteiger charge is 2.17. The van der Waals surface area contributed by atoms with Gasteiger partial charge in [0.25, 0.3) is 0 Å². The number of carbonyl (C=O) groups is 1. The van der Waals surface area contributed by atoms with Crippen LogP contribution in [-0.2, 0) is 4.79 Å². The fraction of sp³-hybridized carbons (Fsp3) is 0.727. The lowest BCUT2D eigenvalue weighted by Crippen LogP contribution is -2.37. The van der Waals surface area contributed by atoms with Gasteiger partial charge < -0.3 is 5.11 Å². The molecule has 1 aliphatic heterocycles. The van der Waals surface area contributed by atoms with Gasteiger partial charge >= 0.3 is 5.97 Å². The standard InChI is InChI=1S/C11H19NO2S/c1-3-10-8-12(6-7-15-10)5-4-9(2)11(13)14/h4,10H,3,5-8H2,1-2H3,(H,13,14)/b9-4-. The second-order valence-electron chi connectivity index (χ2n) is 3.85. The largest absolute Gasteiger partial charge is 0.478 e. The minimum Gasteiger partial charge on any atom is -0.478 e. The number of aliphatic carboxylic acids is 1. The third-order valence-electron chi connectivity index (χ3n) is 2.67. The van der Waals surface area contributed by atoms with E-state index in [4.69, 9.17) is 5.11 Å². The molecule has 1 fully saturated rings. The predicted octanol–water partition coefficient (Wildman–Crippen LogP) is 1.84. The Bertz CT molecular complexity index is 253. The molecule has 86 valence electrons. The molecule has 0 aromatic rings. The SMILES string of the molecule is CCC1CN(C/C=C(/C)C(=O)O)CCS1. The van der Waals surface area contributed by atoms with Crippen molar-refractivity contribution in [3.8, 4) is 0 Å². The van der Waals surface area contributed by atoms with Crippen molar-refractivity contribution >= 4 is 17.7 Å². The summed E-state index contributed by atoms with van der Waals surface area (Å²) in [5, 5.41) is 9.44. The van der Waals surface area contributed by atoms with Crippen molar-refractivity contribution in [1.29, 1.82) is 0 Å². The molecule has 0 saturated carbocycles. The van der Waals surface area contributed by atoms with Crippen LogP contribution in [0.2, 0.25) is 0 Å². The third-order valence-corrected chi connectivity index (χ3v) is 4.04. The van der Waals surface area contributed by atoms with Crippen molar-refractivity contribution in [1.82, 2.24) is 4.90 Å². The van der Waals surface area contributed by atoms with Crippen molar-refractivity contribution in [3.63, 3.8) is 0 Å². The Morgan fingerprint density at radius 3 is 3.00 bits per heavy atom. The Balaban J connectivity index is 2.38. The summed E-state index contributed by atoms with van der Waals surface area (Å²) >= 11 is 2.03. The second kappa shape index (κ2) is 6.18. The van der Waals surface area contributed by atoms with Crippen LogP contribution in [0.5, 0.6) is 0 Å². The Morgan fingerprint density at radius 2 is 2.40 bits per heavy atom. The summed E-state index contributed by atoms with van der Waals surface area (Å²) < 4.78 is 0. The van der Waals surface area contributed by atoms with Gasteiger partial charge in [0.2, 0.25) is 0 Å². The smallest absolute Gasteiger partial charge is 0.330 e. The van der Waals surface area contributed by atoms with Crippen molar-refractivity contribution < 1.29 is 9.90 Å². The Morgan fingerprint density at radius 1 is 1.67 bits per heavy atom. The Hall–Kier alpha value is -0.480. The van der Waals surface area contributed by atoms with Gasteiger partial charge in [-0.3, -0.25) is 4.90 Å². The molecule has 15 heavy (non-hydrogen) atoms. The van der Waals surface area contributed by atoms with Crippen LogP contribution < -0.4 is 0 Å². The lowest BCUT2D eigenvalue weighted by Gasteiger charge is -2.31. The quantitative estimate of drug-likeness (QED) is 0.747. The van der Waals surface area contributed by atoms with E-state index in [1.165, 1.54) is 12.2 Å². The number of carboxylic acids is 1.